The average Bonchev–Trinajstić information content (AvgIpc) is 2.85. The van der Waals surface area contributed by atoms with E-state index in [0.29, 0.717) is 0 Å². The van der Waals surface area contributed by atoms with E-state index in [9.17, 15) is 20.0 Å². The van der Waals surface area contributed by atoms with Crippen molar-refractivity contribution in [1.82, 2.24) is 5.32 Å². The lowest BCUT2D eigenvalue weighted by Crippen LogP contribution is -2.40. The highest BCUT2D eigenvalue weighted by atomic mass is 16.6. The first-order chi connectivity index (χ1) is 9.54. The van der Waals surface area contributed by atoms with Crippen LogP contribution in [0.2, 0.25) is 0 Å². The fraction of sp³-hybridized carbons (Fsp3) is 0.462. The monoisotopic (exact) mass is 280 g/mol. The van der Waals surface area contributed by atoms with Crippen molar-refractivity contribution in [2.24, 2.45) is 0 Å². The number of nitrogens with one attached hydrogen (secondary N) is 1. The molecule has 0 unspecified atom stereocenters. The molecule has 20 heavy (non-hydrogen) atoms. The molecule has 1 aliphatic carbocycles. The lowest BCUT2D eigenvalue weighted by atomic mass is 10.1. The quantitative estimate of drug-likeness (QED) is 0.644. The number of ether oxygens (including phenoxy) is 1. The van der Waals surface area contributed by atoms with Crippen LogP contribution in [0.25, 0.3) is 0 Å². The maximum Gasteiger partial charge on any atom is 0.311 e. The Balaban J connectivity index is 2.17. The SMILES string of the molecule is CO[C@H]1CCC[C@H]1NC(=O)c1cccc([N+](=O)[O-])c1O. The zero-order valence-corrected chi connectivity index (χ0v) is 11.0. The number of carbonyl (C=O) groups excluding carboxylic acids is 1. The van der Waals surface area contributed by atoms with Crippen LogP contribution in [-0.2, 0) is 4.74 Å². The van der Waals surface area contributed by atoms with E-state index in [1.165, 1.54) is 12.1 Å². The second-order valence-corrected chi connectivity index (χ2v) is 4.72. The molecular weight excluding hydrogens is 264 g/mol. The molecule has 1 aliphatic rings. The van der Waals surface area contributed by atoms with E-state index in [-0.39, 0.29) is 17.7 Å². The second kappa shape index (κ2) is 5.87. The van der Waals surface area contributed by atoms with Crippen molar-refractivity contribution < 1.29 is 19.6 Å². The first-order valence-corrected chi connectivity index (χ1v) is 6.34. The van der Waals surface area contributed by atoms with Crippen molar-refractivity contribution >= 4 is 11.6 Å². The van der Waals surface area contributed by atoms with Gasteiger partial charge in [-0.25, -0.2) is 0 Å². The molecule has 0 saturated heterocycles. The topological polar surface area (TPSA) is 102 Å². The number of nitro benzene ring substituents is 1. The molecule has 1 aromatic carbocycles. The van der Waals surface area contributed by atoms with E-state index in [2.05, 4.69) is 5.32 Å². The maximum atomic E-state index is 12.1. The molecule has 2 rings (SSSR count). The Bertz CT molecular complexity index is 531. The maximum absolute atomic E-state index is 12.1. The Morgan fingerprint density at radius 1 is 1.50 bits per heavy atom. The van der Waals surface area contributed by atoms with Gasteiger partial charge in [-0.1, -0.05) is 6.07 Å². The van der Waals surface area contributed by atoms with Gasteiger partial charge < -0.3 is 15.2 Å². The van der Waals surface area contributed by atoms with E-state index < -0.39 is 22.3 Å². The summed E-state index contributed by atoms with van der Waals surface area (Å²) >= 11 is 0. The number of hydrogen-bond donors (Lipinski definition) is 2. The highest BCUT2D eigenvalue weighted by Gasteiger charge is 2.30. The van der Waals surface area contributed by atoms with Crippen LogP contribution in [0.15, 0.2) is 18.2 Å². The largest absolute Gasteiger partial charge is 0.502 e. The highest BCUT2D eigenvalue weighted by molar-refractivity contribution is 5.98. The average molecular weight is 280 g/mol. The summed E-state index contributed by atoms with van der Waals surface area (Å²) in [5, 5.41) is 23.3. The Morgan fingerprint density at radius 2 is 2.25 bits per heavy atom. The van der Waals surface area contributed by atoms with Gasteiger partial charge in [-0.15, -0.1) is 0 Å². The van der Waals surface area contributed by atoms with Gasteiger partial charge in [0, 0.05) is 13.2 Å². The van der Waals surface area contributed by atoms with Gasteiger partial charge in [-0.05, 0) is 25.3 Å². The number of amides is 1. The summed E-state index contributed by atoms with van der Waals surface area (Å²) in [7, 11) is 1.58. The molecule has 0 radical (unpaired) electrons. The fourth-order valence-corrected chi connectivity index (χ4v) is 2.48. The van der Waals surface area contributed by atoms with Gasteiger partial charge in [0.1, 0.15) is 0 Å². The molecule has 1 amide bonds. The summed E-state index contributed by atoms with van der Waals surface area (Å²) in [6.07, 6.45) is 2.55. The number of carbonyl (C=O) groups is 1. The summed E-state index contributed by atoms with van der Waals surface area (Å²) in [6, 6.07) is 3.75. The van der Waals surface area contributed by atoms with Crippen molar-refractivity contribution in [1.29, 1.82) is 0 Å². The lowest BCUT2D eigenvalue weighted by molar-refractivity contribution is -0.385. The van der Waals surface area contributed by atoms with Gasteiger partial charge in [0.25, 0.3) is 5.91 Å². The Kier molecular flexibility index (Phi) is 4.19. The third kappa shape index (κ3) is 2.72. The van der Waals surface area contributed by atoms with Crippen LogP contribution in [0.3, 0.4) is 0 Å². The third-order valence-electron chi connectivity index (χ3n) is 3.53. The predicted octanol–water partition coefficient (Wildman–Crippen LogP) is 1.60. The molecule has 108 valence electrons. The summed E-state index contributed by atoms with van der Waals surface area (Å²) in [6.45, 7) is 0. The molecule has 0 bridgehead atoms. The number of hydrogen-bond acceptors (Lipinski definition) is 5. The Morgan fingerprint density at radius 3 is 2.90 bits per heavy atom. The van der Waals surface area contributed by atoms with Crippen molar-refractivity contribution in [3.63, 3.8) is 0 Å². The molecule has 7 nitrogen and oxygen atoms in total. The standard InChI is InChI=1S/C13H16N2O5/c1-20-11-7-3-5-9(11)14-13(17)8-4-2-6-10(12(8)16)15(18)19/h2,4,6,9,11,16H,3,5,7H2,1H3,(H,14,17)/t9-,11+/m1/s1. The van der Waals surface area contributed by atoms with Gasteiger partial charge in [0.15, 0.2) is 0 Å². The molecule has 0 heterocycles. The van der Waals surface area contributed by atoms with E-state index in [1.54, 1.807) is 7.11 Å². The molecule has 2 N–H and O–H groups in total. The van der Waals surface area contributed by atoms with Gasteiger partial charge in [-0.3, -0.25) is 14.9 Å². The molecule has 2 atom stereocenters. The van der Waals surface area contributed by atoms with Crippen LogP contribution < -0.4 is 5.32 Å². The van der Waals surface area contributed by atoms with Gasteiger partial charge in [0.05, 0.1) is 22.6 Å². The Hall–Kier alpha value is -2.15. The van der Waals surface area contributed by atoms with Crippen LogP contribution >= 0.6 is 0 Å². The van der Waals surface area contributed by atoms with Crippen LogP contribution in [0.5, 0.6) is 5.75 Å². The number of phenolic OH excluding ortho intramolecular Hbond substituents is 1. The van der Waals surface area contributed by atoms with Crippen LogP contribution in [0, 0.1) is 10.1 Å². The molecule has 0 spiro atoms. The number of methoxy groups -OCH3 is 1. The van der Waals surface area contributed by atoms with Gasteiger partial charge in [-0.2, -0.15) is 0 Å². The summed E-state index contributed by atoms with van der Waals surface area (Å²) in [5.74, 6) is -1.14. The zero-order valence-electron chi connectivity index (χ0n) is 11.0. The number of benzene rings is 1. The zero-order chi connectivity index (χ0) is 14.7. The molecule has 1 aromatic rings. The minimum Gasteiger partial charge on any atom is -0.502 e. The number of nitro groups is 1. The third-order valence-corrected chi connectivity index (χ3v) is 3.53. The first-order valence-electron chi connectivity index (χ1n) is 6.34. The fourth-order valence-electron chi connectivity index (χ4n) is 2.48. The van der Waals surface area contributed by atoms with E-state index in [1.807, 2.05) is 0 Å². The molecule has 0 aromatic heterocycles. The van der Waals surface area contributed by atoms with Crippen molar-refractivity contribution in [2.45, 2.75) is 31.4 Å². The second-order valence-electron chi connectivity index (χ2n) is 4.72. The summed E-state index contributed by atoms with van der Waals surface area (Å²) in [4.78, 5) is 22.1. The van der Waals surface area contributed by atoms with Crippen LogP contribution in [-0.4, -0.2) is 35.2 Å². The molecule has 0 aliphatic heterocycles. The van der Waals surface area contributed by atoms with Crippen LogP contribution in [0.4, 0.5) is 5.69 Å². The van der Waals surface area contributed by atoms with E-state index in [4.69, 9.17) is 4.74 Å². The smallest absolute Gasteiger partial charge is 0.311 e. The van der Waals surface area contributed by atoms with E-state index in [0.717, 1.165) is 25.3 Å². The molecule has 1 fully saturated rings. The predicted molar refractivity (Wildman–Crippen MR) is 70.7 cm³/mol. The minimum absolute atomic E-state index is 0.0557. The number of para-hydroxylation sites is 1. The number of nitrogens with zero attached hydrogens (tertiary/aromatic N) is 1. The van der Waals surface area contributed by atoms with Gasteiger partial charge in [0.2, 0.25) is 5.75 Å². The number of rotatable bonds is 4. The molecule has 7 heteroatoms. The number of aromatic hydroxyl groups is 1. The normalized spacial score (nSPS) is 21.6. The van der Waals surface area contributed by atoms with Crippen molar-refractivity contribution in [2.75, 3.05) is 7.11 Å². The molecule has 1 saturated carbocycles. The van der Waals surface area contributed by atoms with Crippen molar-refractivity contribution in [3.05, 3.63) is 33.9 Å². The lowest BCUT2D eigenvalue weighted by Gasteiger charge is -2.19. The highest BCUT2D eigenvalue weighted by Crippen LogP contribution is 2.30. The number of phenols is 1. The Labute approximate surface area is 115 Å². The first kappa shape index (κ1) is 14.3. The van der Waals surface area contributed by atoms with Crippen LogP contribution in [0.1, 0.15) is 29.6 Å². The van der Waals surface area contributed by atoms with E-state index >= 15 is 0 Å². The van der Waals surface area contributed by atoms with Crippen molar-refractivity contribution in [3.8, 4) is 5.75 Å². The summed E-state index contributed by atoms with van der Waals surface area (Å²) < 4.78 is 5.27. The minimum atomic E-state index is -0.723. The molecular formula is C13H16N2O5. The van der Waals surface area contributed by atoms with Gasteiger partial charge >= 0.3 is 5.69 Å². The summed E-state index contributed by atoms with van der Waals surface area (Å²) in [5.41, 5.74) is -0.576.